The maximum Gasteiger partial charge on any atom is 0.422 e. The zero-order valence-corrected chi connectivity index (χ0v) is 7.28. The molecule has 0 amide bonds. The van der Waals surface area contributed by atoms with Gasteiger partial charge in [-0.05, 0) is 6.07 Å². The molecule has 82 valence electrons. The van der Waals surface area contributed by atoms with Crippen molar-refractivity contribution in [3.05, 3.63) is 23.9 Å². The predicted molar refractivity (Wildman–Crippen MR) is 42.7 cm³/mol. The molecule has 0 bridgehead atoms. The quantitative estimate of drug-likeness (QED) is 0.844. The van der Waals surface area contributed by atoms with Crippen LogP contribution in [0.3, 0.4) is 0 Å². The molecular formula is C8H6F3NO3. The number of alkyl halides is 3. The number of carboxylic acid groups (broad SMARTS) is 1. The summed E-state index contributed by atoms with van der Waals surface area (Å²) in [5.74, 6) is -1.69. The van der Waals surface area contributed by atoms with E-state index in [1.165, 1.54) is 6.07 Å². The minimum absolute atomic E-state index is 0.366. The average molecular weight is 221 g/mol. The smallest absolute Gasteiger partial charge is 0.422 e. The molecule has 1 rings (SSSR count). The summed E-state index contributed by atoms with van der Waals surface area (Å²) in [5, 5.41) is 8.50. The van der Waals surface area contributed by atoms with Gasteiger partial charge in [-0.15, -0.1) is 0 Å². The van der Waals surface area contributed by atoms with Gasteiger partial charge in [0.1, 0.15) is 0 Å². The first-order chi connectivity index (χ1) is 6.88. The van der Waals surface area contributed by atoms with Crippen LogP contribution in [0.25, 0.3) is 0 Å². The van der Waals surface area contributed by atoms with Crippen molar-refractivity contribution in [3.8, 4) is 5.88 Å². The summed E-state index contributed by atoms with van der Waals surface area (Å²) in [5.41, 5.74) is -0.366. The normalized spacial score (nSPS) is 11.1. The van der Waals surface area contributed by atoms with Crippen molar-refractivity contribution in [3.63, 3.8) is 0 Å². The Kier molecular flexibility index (Phi) is 3.13. The minimum Gasteiger partial charge on any atom is -0.477 e. The molecule has 0 aliphatic carbocycles. The predicted octanol–water partition coefficient (Wildman–Crippen LogP) is 1.72. The van der Waals surface area contributed by atoms with Crippen LogP contribution in [-0.4, -0.2) is 28.8 Å². The Labute approximate surface area is 82.3 Å². The Morgan fingerprint density at radius 1 is 1.47 bits per heavy atom. The van der Waals surface area contributed by atoms with Crippen LogP contribution in [0.4, 0.5) is 13.2 Å². The Hall–Kier alpha value is -1.79. The number of ether oxygens (including phenoxy) is 1. The van der Waals surface area contributed by atoms with Crippen molar-refractivity contribution in [1.29, 1.82) is 0 Å². The Balaban J connectivity index is 2.70. The highest BCUT2D eigenvalue weighted by Crippen LogP contribution is 2.17. The first-order valence-corrected chi connectivity index (χ1v) is 3.78. The summed E-state index contributed by atoms with van der Waals surface area (Å²) >= 11 is 0. The van der Waals surface area contributed by atoms with Gasteiger partial charge >= 0.3 is 12.1 Å². The summed E-state index contributed by atoms with van der Waals surface area (Å²) in [6.07, 6.45) is -4.47. The number of aromatic nitrogens is 1. The molecular weight excluding hydrogens is 215 g/mol. The first kappa shape index (κ1) is 11.3. The van der Waals surface area contributed by atoms with Crippen LogP contribution in [0.1, 0.15) is 10.5 Å². The van der Waals surface area contributed by atoms with Crippen LogP contribution in [-0.2, 0) is 0 Å². The number of hydrogen-bond acceptors (Lipinski definition) is 3. The fourth-order valence-electron chi connectivity index (χ4n) is 0.770. The van der Waals surface area contributed by atoms with Crippen molar-refractivity contribution < 1.29 is 27.8 Å². The van der Waals surface area contributed by atoms with Crippen molar-refractivity contribution in [2.45, 2.75) is 6.18 Å². The highest BCUT2D eigenvalue weighted by molar-refractivity contribution is 5.85. The number of aromatic carboxylic acids is 1. The molecule has 1 heterocycles. The van der Waals surface area contributed by atoms with E-state index in [4.69, 9.17) is 5.11 Å². The molecule has 0 saturated heterocycles. The Bertz CT molecular complexity index is 364. The zero-order chi connectivity index (χ0) is 11.5. The topological polar surface area (TPSA) is 59.4 Å². The summed E-state index contributed by atoms with van der Waals surface area (Å²) < 4.78 is 39.5. The standard InChI is InChI=1S/C8H6F3NO3/c9-8(10,11)4-15-6-3-1-2-5(12-6)7(13)14/h1-3H,4H2,(H,13,14). The van der Waals surface area contributed by atoms with Crippen molar-refractivity contribution in [2.24, 2.45) is 0 Å². The van der Waals surface area contributed by atoms with E-state index >= 15 is 0 Å². The first-order valence-electron chi connectivity index (χ1n) is 3.78. The van der Waals surface area contributed by atoms with E-state index < -0.39 is 18.8 Å². The van der Waals surface area contributed by atoms with Gasteiger partial charge in [0.2, 0.25) is 5.88 Å². The SMILES string of the molecule is O=C(O)c1cccc(OCC(F)(F)F)n1. The third-order valence-electron chi connectivity index (χ3n) is 1.33. The van der Waals surface area contributed by atoms with E-state index in [1.54, 1.807) is 0 Å². The second-order valence-electron chi connectivity index (χ2n) is 2.57. The number of rotatable bonds is 3. The van der Waals surface area contributed by atoms with Gasteiger partial charge in [0.25, 0.3) is 0 Å². The van der Waals surface area contributed by atoms with Crippen LogP contribution >= 0.6 is 0 Å². The lowest BCUT2D eigenvalue weighted by Crippen LogP contribution is -2.19. The zero-order valence-electron chi connectivity index (χ0n) is 7.28. The maximum absolute atomic E-state index is 11.7. The van der Waals surface area contributed by atoms with Gasteiger partial charge in [0.15, 0.2) is 12.3 Å². The molecule has 0 aromatic carbocycles. The lowest BCUT2D eigenvalue weighted by molar-refractivity contribution is -0.154. The maximum atomic E-state index is 11.7. The van der Waals surface area contributed by atoms with Crippen LogP contribution < -0.4 is 4.74 Å². The van der Waals surface area contributed by atoms with Crippen LogP contribution in [0.2, 0.25) is 0 Å². The van der Waals surface area contributed by atoms with Gasteiger partial charge in [0.05, 0.1) is 0 Å². The number of carbonyl (C=O) groups is 1. The second kappa shape index (κ2) is 4.16. The van der Waals surface area contributed by atoms with E-state index in [0.29, 0.717) is 0 Å². The molecule has 0 spiro atoms. The molecule has 0 aliphatic rings. The molecule has 1 aromatic rings. The van der Waals surface area contributed by atoms with E-state index in [-0.39, 0.29) is 11.6 Å². The van der Waals surface area contributed by atoms with E-state index in [0.717, 1.165) is 12.1 Å². The van der Waals surface area contributed by atoms with Crippen molar-refractivity contribution in [2.75, 3.05) is 6.61 Å². The molecule has 1 N–H and O–H groups in total. The highest BCUT2D eigenvalue weighted by Gasteiger charge is 2.28. The molecule has 4 nitrogen and oxygen atoms in total. The summed E-state index contributed by atoms with van der Waals surface area (Å²) in [7, 11) is 0. The van der Waals surface area contributed by atoms with Crippen molar-refractivity contribution in [1.82, 2.24) is 4.98 Å². The van der Waals surface area contributed by atoms with Crippen LogP contribution in [0, 0.1) is 0 Å². The largest absolute Gasteiger partial charge is 0.477 e. The highest BCUT2D eigenvalue weighted by atomic mass is 19.4. The third-order valence-corrected chi connectivity index (χ3v) is 1.33. The van der Waals surface area contributed by atoms with Gasteiger partial charge in [-0.3, -0.25) is 0 Å². The Morgan fingerprint density at radius 3 is 2.67 bits per heavy atom. The number of hydrogen-bond donors (Lipinski definition) is 1. The average Bonchev–Trinajstić information content (AvgIpc) is 2.14. The monoisotopic (exact) mass is 221 g/mol. The number of carboxylic acids is 1. The summed E-state index contributed by atoms with van der Waals surface area (Å²) in [6, 6.07) is 3.56. The van der Waals surface area contributed by atoms with E-state index in [1.807, 2.05) is 0 Å². The lowest BCUT2D eigenvalue weighted by Gasteiger charge is -2.08. The van der Waals surface area contributed by atoms with Gasteiger partial charge in [-0.25, -0.2) is 9.78 Å². The molecule has 0 radical (unpaired) electrons. The molecule has 1 aromatic heterocycles. The van der Waals surface area contributed by atoms with Crippen molar-refractivity contribution >= 4 is 5.97 Å². The Morgan fingerprint density at radius 2 is 2.13 bits per heavy atom. The second-order valence-corrected chi connectivity index (χ2v) is 2.57. The third kappa shape index (κ3) is 3.84. The minimum atomic E-state index is -4.47. The molecule has 0 saturated carbocycles. The van der Waals surface area contributed by atoms with Gasteiger partial charge in [-0.2, -0.15) is 13.2 Å². The molecule has 7 heteroatoms. The fourth-order valence-corrected chi connectivity index (χ4v) is 0.770. The number of pyridine rings is 1. The molecule has 0 fully saturated rings. The van der Waals surface area contributed by atoms with Gasteiger partial charge in [0, 0.05) is 6.07 Å². The molecule has 0 aliphatic heterocycles. The molecule has 15 heavy (non-hydrogen) atoms. The van der Waals surface area contributed by atoms with Crippen LogP contribution in [0.15, 0.2) is 18.2 Å². The van der Waals surface area contributed by atoms with E-state index in [2.05, 4.69) is 9.72 Å². The van der Waals surface area contributed by atoms with Gasteiger partial charge < -0.3 is 9.84 Å². The van der Waals surface area contributed by atoms with Gasteiger partial charge in [-0.1, -0.05) is 6.07 Å². The van der Waals surface area contributed by atoms with Crippen LogP contribution in [0.5, 0.6) is 5.88 Å². The molecule has 0 unspecified atom stereocenters. The summed E-state index contributed by atoms with van der Waals surface area (Å²) in [6.45, 7) is -1.50. The summed E-state index contributed by atoms with van der Waals surface area (Å²) in [4.78, 5) is 13.8. The number of nitrogens with zero attached hydrogens (tertiary/aromatic N) is 1. The lowest BCUT2D eigenvalue weighted by atomic mass is 10.3. The fraction of sp³-hybridized carbons (Fsp3) is 0.250. The number of halogens is 3. The molecule has 0 atom stereocenters. The van der Waals surface area contributed by atoms with E-state index in [9.17, 15) is 18.0 Å².